The van der Waals surface area contributed by atoms with Gasteiger partial charge in [0, 0.05) is 18.5 Å². The van der Waals surface area contributed by atoms with Crippen molar-refractivity contribution in [1.82, 2.24) is 15.2 Å². The predicted molar refractivity (Wildman–Crippen MR) is 125 cm³/mol. The number of nitrogens with zero attached hydrogens (tertiary/aromatic N) is 2. The smallest absolute Gasteiger partial charge is 0.353 e. The number of alkyl halides is 3. The predicted octanol–water partition coefficient (Wildman–Crippen LogP) is 5.67. The summed E-state index contributed by atoms with van der Waals surface area (Å²) >= 11 is 0. The van der Waals surface area contributed by atoms with Crippen molar-refractivity contribution in [1.29, 1.82) is 0 Å². The van der Waals surface area contributed by atoms with E-state index in [2.05, 4.69) is 29.0 Å². The molecule has 34 heavy (non-hydrogen) atoms. The van der Waals surface area contributed by atoms with Gasteiger partial charge in [-0.15, -0.1) is 0 Å². The second-order valence-corrected chi connectivity index (χ2v) is 12.0. The highest BCUT2D eigenvalue weighted by molar-refractivity contribution is 5.79. The first-order valence-corrected chi connectivity index (χ1v) is 13.2. The topological polar surface area (TPSA) is 45.2 Å². The van der Waals surface area contributed by atoms with Gasteiger partial charge in [-0.25, -0.2) is 4.98 Å². The largest absolute Gasteiger partial charge is 0.433 e. The summed E-state index contributed by atoms with van der Waals surface area (Å²) in [5.74, 6) is 2.78. The Hall–Kier alpha value is -1.63. The zero-order valence-corrected chi connectivity index (χ0v) is 20.4. The molecule has 5 aliphatic rings. The van der Waals surface area contributed by atoms with Crippen LogP contribution in [0.4, 0.5) is 13.2 Å². The fourth-order valence-corrected chi connectivity index (χ4v) is 8.14. The lowest BCUT2D eigenvalue weighted by Crippen LogP contribution is -2.59. The van der Waals surface area contributed by atoms with Crippen LogP contribution in [0.5, 0.6) is 0 Å². The molecule has 1 amide bonds. The Bertz CT molecular complexity index is 879. The highest BCUT2D eigenvalue weighted by Gasteiger charge is 2.53. The van der Waals surface area contributed by atoms with Gasteiger partial charge in [0.1, 0.15) is 5.69 Å². The lowest BCUT2D eigenvalue weighted by molar-refractivity contribution is -0.141. The molecule has 2 heterocycles. The molecule has 0 radical (unpaired) electrons. The lowest BCUT2D eigenvalue weighted by atomic mass is 9.48. The first-order chi connectivity index (χ1) is 16.1. The van der Waals surface area contributed by atoms with Crippen LogP contribution in [0.2, 0.25) is 0 Å². The van der Waals surface area contributed by atoms with Gasteiger partial charge >= 0.3 is 6.18 Å². The van der Waals surface area contributed by atoms with Crippen molar-refractivity contribution in [3.8, 4) is 0 Å². The van der Waals surface area contributed by atoms with Gasteiger partial charge in [0.2, 0.25) is 5.91 Å². The lowest BCUT2D eigenvalue weighted by Gasteiger charge is -2.59. The molecule has 6 atom stereocenters. The number of hydrogen-bond acceptors (Lipinski definition) is 3. The Kier molecular flexibility index (Phi) is 6.45. The molecule has 1 saturated heterocycles. The van der Waals surface area contributed by atoms with Crippen molar-refractivity contribution in [3.63, 3.8) is 0 Å². The summed E-state index contributed by atoms with van der Waals surface area (Å²) in [4.78, 5) is 19.4. The van der Waals surface area contributed by atoms with Crippen LogP contribution >= 0.6 is 0 Å². The van der Waals surface area contributed by atoms with E-state index in [1.54, 1.807) is 6.07 Å². The first-order valence-electron chi connectivity index (χ1n) is 13.2. The number of hydrogen-bond donors (Lipinski definition) is 1. The average molecular weight is 478 g/mol. The van der Waals surface area contributed by atoms with E-state index < -0.39 is 11.9 Å². The van der Waals surface area contributed by atoms with Crippen molar-refractivity contribution >= 4 is 5.91 Å². The molecule has 7 heteroatoms. The van der Waals surface area contributed by atoms with Crippen molar-refractivity contribution < 1.29 is 18.0 Å². The summed E-state index contributed by atoms with van der Waals surface area (Å²) in [6, 6.07) is 4.47. The Morgan fingerprint density at radius 2 is 1.85 bits per heavy atom. The monoisotopic (exact) mass is 477 g/mol. The Balaban J connectivity index is 1.15. The van der Waals surface area contributed by atoms with Gasteiger partial charge in [-0.1, -0.05) is 19.9 Å². The van der Waals surface area contributed by atoms with Crippen LogP contribution in [0.3, 0.4) is 0 Å². The van der Waals surface area contributed by atoms with Crippen LogP contribution in [-0.4, -0.2) is 34.9 Å². The molecule has 4 bridgehead atoms. The second-order valence-electron chi connectivity index (χ2n) is 12.0. The third-order valence-electron chi connectivity index (χ3n) is 9.35. The highest BCUT2D eigenvalue weighted by Crippen LogP contribution is 2.59. The fourth-order valence-electron chi connectivity index (χ4n) is 8.14. The van der Waals surface area contributed by atoms with E-state index in [0.29, 0.717) is 41.4 Å². The molecule has 4 aliphatic carbocycles. The SMILES string of the molecule is CCC(C(=O)NC1[C@@H]2CC3C[C@H]1CC(C)(C3)C2)C1CCN(Cc2cccc(C(F)(F)F)n2)CC1. The van der Waals surface area contributed by atoms with Crippen LogP contribution in [0.15, 0.2) is 18.2 Å². The van der Waals surface area contributed by atoms with Crippen LogP contribution in [0.25, 0.3) is 0 Å². The zero-order valence-electron chi connectivity index (χ0n) is 20.4. The summed E-state index contributed by atoms with van der Waals surface area (Å²) in [6.45, 7) is 6.57. The van der Waals surface area contributed by atoms with Crippen molar-refractivity contribution in [3.05, 3.63) is 29.6 Å². The number of aromatic nitrogens is 1. The summed E-state index contributed by atoms with van der Waals surface area (Å²) in [7, 11) is 0. The van der Waals surface area contributed by atoms with Gasteiger partial charge in [0.15, 0.2) is 0 Å². The van der Waals surface area contributed by atoms with Gasteiger partial charge in [0.05, 0.1) is 5.69 Å². The summed E-state index contributed by atoms with van der Waals surface area (Å²) in [5, 5.41) is 3.53. The van der Waals surface area contributed by atoms with Crippen LogP contribution < -0.4 is 5.32 Å². The number of rotatable bonds is 6. The summed E-state index contributed by atoms with van der Waals surface area (Å²) < 4.78 is 38.9. The van der Waals surface area contributed by atoms with Crippen LogP contribution in [0, 0.1) is 35.0 Å². The van der Waals surface area contributed by atoms with Crippen LogP contribution in [-0.2, 0) is 17.5 Å². The highest BCUT2D eigenvalue weighted by atomic mass is 19.4. The van der Waals surface area contributed by atoms with Gasteiger partial charge in [-0.3, -0.25) is 9.69 Å². The number of nitrogens with one attached hydrogen (secondary N) is 1. The van der Waals surface area contributed by atoms with E-state index >= 15 is 0 Å². The van der Waals surface area contributed by atoms with E-state index in [-0.39, 0.29) is 11.8 Å². The minimum absolute atomic E-state index is 0.0293. The number of pyridine rings is 1. The van der Waals surface area contributed by atoms with Crippen molar-refractivity contribution in [2.75, 3.05) is 13.1 Å². The fraction of sp³-hybridized carbons (Fsp3) is 0.778. The molecule has 1 aliphatic heterocycles. The Morgan fingerprint density at radius 3 is 2.44 bits per heavy atom. The van der Waals surface area contributed by atoms with Gasteiger partial charge in [0.25, 0.3) is 0 Å². The summed E-state index contributed by atoms with van der Waals surface area (Å²) in [6.07, 6.45) is 4.73. The molecule has 188 valence electrons. The number of halogens is 3. The summed E-state index contributed by atoms with van der Waals surface area (Å²) in [5.41, 5.74) is 0.124. The molecule has 6 rings (SSSR count). The van der Waals surface area contributed by atoms with Crippen molar-refractivity contribution in [2.24, 2.45) is 35.0 Å². The van der Waals surface area contributed by atoms with E-state index in [0.717, 1.165) is 44.3 Å². The number of piperidine rings is 1. The average Bonchev–Trinajstić information content (AvgIpc) is 2.76. The molecule has 0 aromatic carbocycles. The maximum absolute atomic E-state index is 13.4. The molecule has 5 fully saturated rings. The zero-order chi connectivity index (χ0) is 24.1. The molecule has 1 N–H and O–H groups in total. The second kappa shape index (κ2) is 9.11. The van der Waals surface area contributed by atoms with Crippen molar-refractivity contribution in [2.45, 2.75) is 84.0 Å². The Morgan fingerprint density at radius 1 is 1.18 bits per heavy atom. The minimum Gasteiger partial charge on any atom is -0.353 e. The standard InChI is InChI=1S/C27H38F3N3O/c1-3-22(25(34)32-24-19-11-17-12-20(24)15-26(2,13-17)14-19)18-7-9-33(10-8-18)16-21-5-4-6-23(31-21)27(28,29)30/h4-6,17-20,22,24H,3,7-16H2,1-2H3,(H,32,34)/t17?,19-,20+,22?,24?,26?. The molecular weight excluding hydrogens is 439 g/mol. The van der Waals surface area contributed by atoms with E-state index in [1.165, 1.54) is 38.2 Å². The normalized spacial score (nSPS) is 34.9. The van der Waals surface area contributed by atoms with E-state index in [1.807, 2.05) is 0 Å². The van der Waals surface area contributed by atoms with Gasteiger partial charge in [-0.05, 0) is 106 Å². The number of amides is 1. The molecule has 0 spiro atoms. The first kappa shape index (κ1) is 24.1. The third kappa shape index (κ3) is 4.87. The molecule has 4 saturated carbocycles. The molecule has 4 unspecified atom stereocenters. The minimum atomic E-state index is -4.42. The molecule has 1 aromatic heterocycles. The van der Waals surface area contributed by atoms with Gasteiger partial charge in [-0.2, -0.15) is 13.2 Å². The maximum atomic E-state index is 13.4. The molecular formula is C27H38F3N3O. The molecule has 1 aromatic rings. The molecule has 4 nitrogen and oxygen atoms in total. The number of likely N-dealkylation sites (tertiary alicyclic amines) is 1. The maximum Gasteiger partial charge on any atom is 0.433 e. The van der Waals surface area contributed by atoms with E-state index in [9.17, 15) is 18.0 Å². The number of carbonyl (C=O) groups is 1. The van der Waals surface area contributed by atoms with E-state index in [4.69, 9.17) is 0 Å². The quantitative estimate of drug-likeness (QED) is 0.574. The number of carbonyl (C=O) groups excluding carboxylic acids is 1. The van der Waals surface area contributed by atoms with Crippen LogP contribution in [0.1, 0.15) is 76.6 Å². The van der Waals surface area contributed by atoms with Gasteiger partial charge < -0.3 is 5.32 Å². The third-order valence-corrected chi connectivity index (χ3v) is 9.35. The Labute approximate surface area is 201 Å².